The lowest BCUT2D eigenvalue weighted by Crippen LogP contribution is -2.17. The highest BCUT2D eigenvalue weighted by molar-refractivity contribution is 7.92. The molecule has 0 saturated carbocycles. The molecule has 6 nitrogen and oxygen atoms in total. The van der Waals surface area contributed by atoms with Crippen molar-refractivity contribution in [3.05, 3.63) is 30.0 Å². The van der Waals surface area contributed by atoms with E-state index in [-0.39, 0.29) is 0 Å². The molecule has 0 saturated heterocycles. The van der Waals surface area contributed by atoms with Gasteiger partial charge in [-0.1, -0.05) is 6.08 Å². The fraction of sp³-hybridized carbons (Fsp3) is 0.273. The molecule has 21 heavy (non-hydrogen) atoms. The molecule has 1 rings (SSSR count). The predicted octanol–water partition coefficient (Wildman–Crippen LogP) is 1.99. The predicted molar refractivity (Wildman–Crippen MR) is 71.1 cm³/mol. The zero-order valence-corrected chi connectivity index (χ0v) is 11.8. The maximum Gasteiger partial charge on any atom is 0.417 e. The molecule has 0 atom stereocenters. The van der Waals surface area contributed by atoms with Gasteiger partial charge in [-0.2, -0.15) is 13.2 Å². The minimum atomic E-state index is -4.67. The summed E-state index contributed by atoms with van der Waals surface area (Å²) >= 11 is 0. The fourth-order valence-corrected chi connectivity index (χ4v) is 1.81. The summed E-state index contributed by atoms with van der Waals surface area (Å²) in [6.45, 7) is 1.54. The zero-order chi connectivity index (χ0) is 16.3. The zero-order valence-electron chi connectivity index (χ0n) is 11.0. The average molecular weight is 323 g/mol. The van der Waals surface area contributed by atoms with Crippen molar-refractivity contribution in [1.29, 1.82) is 0 Å². The molecule has 0 aliphatic heterocycles. The number of rotatable bonds is 4. The third-order valence-corrected chi connectivity index (χ3v) is 2.64. The van der Waals surface area contributed by atoms with Gasteiger partial charge in [0.05, 0.1) is 17.5 Å². The number of pyridine rings is 1. The van der Waals surface area contributed by atoms with E-state index in [9.17, 15) is 26.4 Å². The van der Waals surface area contributed by atoms with Crippen LogP contribution in [0.4, 0.5) is 24.7 Å². The van der Waals surface area contributed by atoms with Crippen molar-refractivity contribution in [1.82, 2.24) is 4.98 Å². The van der Waals surface area contributed by atoms with Gasteiger partial charge in [-0.05, 0) is 19.1 Å². The van der Waals surface area contributed by atoms with E-state index < -0.39 is 39.2 Å². The molecule has 10 heteroatoms. The molecule has 0 aliphatic rings. The second-order valence-corrected chi connectivity index (χ2v) is 5.73. The lowest BCUT2D eigenvalue weighted by molar-refractivity contribution is -0.137. The van der Waals surface area contributed by atoms with Crippen LogP contribution in [0.5, 0.6) is 0 Å². The second-order valence-electron chi connectivity index (χ2n) is 3.98. The number of carbonyl (C=O) groups is 1. The van der Waals surface area contributed by atoms with Gasteiger partial charge in [0.1, 0.15) is 0 Å². The standard InChI is InChI=1S/C11H12F3N3O3S/c1-3-4-9(18)16-8-5-7(11(12,13)14)6-15-10(8)17-21(2,19)20/h3-6H,1-2H3,(H,15,17)(H,16,18). The molecule has 0 fully saturated rings. The van der Waals surface area contributed by atoms with Crippen LogP contribution < -0.4 is 10.0 Å². The molecular weight excluding hydrogens is 311 g/mol. The largest absolute Gasteiger partial charge is 0.417 e. The summed E-state index contributed by atoms with van der Waals surface area (Å²) in [5, 5.41) is 2.13. The number of amides is 1. The maximum atomic E-state index is 12.6. The molecule has 0 radical (unpaired) electrons. The van der Waals surface area contributed by atoms with Crippen molar-refractivity contribution in [2.75, 3.05) is 16.3 Å². The fourth-order valence-electron chi connectivity index (χ4n) is 1.30. The van der Waals surface area contributed by atoms with Gasteiger partial charge >= 0.3 is 6.18 Å². The van der Waals surface area contributed by atoms with Gasteiger partial charge in [0.25, 0.3) is 0 Å². The van der Waals surface area contributed by atoms with Crippen LogP contribution in [0.15, 0.2) is 24.4 Å². The second kappa shape index (κ2) is 6.12. The molecule has 1 amide bonds. The quantitative estimate of drug-likeness (QED) is 0.829. The molecule has 0 aliphatic carbocycles. The van der Waals surface area contributed by atoms with Crippen LogP contribution in [0.25, 0.3) is 0 Å². The van der Waals surface area contributed by atoms with Crippen LogP contribution in [0, 0.1) is 0 Å². The summed E-state index contributed by atoms with van der Waals surface area (Å²) in [6, 6.07) is 0.599. The Kier molecular flexibility index (Phi) is 4.94. The van der Waals surface area contributed by atoms with Gasteiger partial charge < -0.3 is 5.32 Å². The van der Waals surface area contributed by atoms with Gasteiger partial charge in [0, 0.05) is 6.20 Å². The molecule has 0 bridgehead atoms. The van der Waals surface area contributed by atoms with Crippen molar-refractivity contribution >= 4 is 27.4 Å². The van der Waals surface area contributed by atoms with Crippen LogP contribution in [0.2, 0.25) is 0 Å². The smallest absolute Gasteiger partial charge is 0.319 e. The lowest BCUT2D eigenvalue weighted by Gasteiger charge is -2.13. The highest BCUT2D eigenvalue weighted by Gasteiger charge is 2.32. The third-order valence-electron chi connectivity index (χ3n) is 2.07. The monoisotopic (exact) mass is 323 g/mol. The number of aromatic nitrogens is 1. The highest BCUT2D eigenvalue weighted by atomic mass is 32.2. The summed E-state index contributed by atoms with van der Waals surface area (Å²) in [5.41, 5.74) is -1.50. The number of anilines is 2. The number of carbonyl (C=O) groups excluding carboxylic acids is 1. The van der Waals surface area contributed by atoms with E-state index in [4.69, 9.17) is 0 Å². The molecule has 0 aromatic carbocycles. The number of sulfonamides is 1. The average Bonchev–Trinajstić information content (AvgIpc) is 2.28. The lowest BCUT2D eigenvalue weighted by atomic mass is 10.2. The number of nitrogens with zero attached hydrogens (tertiary/aromatic N) is 1. The normalized spacial score (nSPS) is 12.4. The van der Waals surface area contributed by atoms with E-state index in [0.29, 0.717) is 12.3 Å². The Morgan fingerprint density at radius 3 is 2.48 bits per heavy atom. The number of alkyl halides is 3. The van der Waals surface area contributed by atoms with Crippen LogP contribution >= 0.6 is 0 Å². The molecular formula is C11H12F3N3O3S. The first-order valence-electron chi connectivity index (χ1n) is 5.51. The Balaban J connectivity index is 3.27. The molecule has 1 aromatic rings. The summed E-state index contributed by atoms with van der Waals surface area (Å²) in [7, 11) is -3.76. The topological polar surface area (TPSA) is 88.2 Å². The summed E-state index contributed by atoms with van der Waals surface area (Å²) in [4.78, 5) is 14.8. The molecule has 1 heterocycles. The number of allylic oxidation sites excluding steroid dienone is 1. The third kappa shape index (κ3) is 5.42. The van der Waals surface area contributed by atoms with E-state index in [0.717, 1.165) is 12.3 Å². The van der Waals surface area contributed by atoms with E-state index >= 15 is 0 Å². The van der Waals surface area contributed by atoms with Gasteiger partial charge in [0.2, 0.25) is 15.9 Å². The van der Waals surface area contributed by atoms with Crippen molar-refractivity contribution in [2.45, 2.75) is 13.1 Å². The first-order chi connectivity index (χ1) is 9.53. The highest BCUT2D eigenvalue weighted by Crippen LogP contribution is 2.32. The Morgan fingerprint density at radius 2 is 2.00 bits per heavy atom. The van der Waals surface area contributed by atoms with Crippen LogP contribution in [0.1, 0.15) is 12.5 Å². The van der Waals surface area contributed by atoms with Crippen molar-refractivity contribution in [3.63, 3.8) is 0 Å². The number of hydrogen-bond acceptors (Lipinski definition) is 4. The first-order valence-corrected chi connectivity index (χ1v) is 7.41. The Bertz CT molecular complexity index is 669. The number of hydrogen-bond donors (Lipinski definition) is 2. The molecule has 116 valence electrons. The Hall–Kier alpha value is -2.10. The summed E-state index contributed by atoms with van der Waals surface area (Å²) < 4.78 is 62.1. The van der Waals surface area contributed by atoms with Crippen molar-refractivity contribution in [3.8, 4) is 0 Å². The van der Waals surface area contributed by atoms with Gasteiger partial charge in [-0.15, -0.1) is 0 Å². The number of halogens is 3. The summed E-state index contributed by atoms with van der Waals surface area (Å²) in [6.07, 6.45) is -0.941. The van der Waals surface area contributed by atoms with E-state index in [1.54, 1.807) is 6.92 Å². The van der Waals surface area contributed by atoms with Crippen molar-refractivity contribution in [2.24, 2.45) is 0 Å². The number of nitrogens with one attached hydrogen (secondary N) is 2. The van der Waals surface area contributed by atoms with Gasteiger partial charge in [-0.25, -0.2) is 13.4 Å². The van der Waals surface area contributed by atoms with Crippen LogP contribution in [-0.2, 0) is 21.0 Å². The SMILES string of the molecule is CC=CC(=O)Nc1cc(C(F)(F)F)cnc1NS(C)(=O)=O. The maximum absolute atomic E-state index is 12.6. The Labute approximate surface area is 119 Å². The van der Waals surface area contributed by atoms with Crippen molar-refractivity contribution < 1.29 is 26.4 Å². The molecule has 2 N–H and O–H groups in total. The van der Waals surface area contributed by atoms with E-state index in [1.165, 1.54) is 6.08 Å². The summed E-state index contributed by atoms with van der Waals surface area (Å²) in [5.74, 6) is -1.11. The van der Waals surface area contributed by atoms with Gasteiger partial charge in [-0.3, -0.25) is 9.52 Å². The molecule has 0 unspecified atom stereocenters. The van der Waals surface area contributed by atoms with Crippen LogP contribution in [0.3, 0.4) is 0 Å². The molecule has 1 aromatic heterocycles. The Morgan fingerprint density at radius 1 is 1.38 bits per heavy atom. The van der Waals surface area contributed by atoms with Gasteiger partial charge in [0.15, 0.2) is 5.82 Å². The van der Waals surface area contributed by atoms with Crippen LogP contribution in [-0.4, -0.2) is 25.6 Å². The van der Waals surface area contributed by atoms with E-state index in [2.05, 4.69) is 10.3 Å². The minimum absolute atomic E-state index is 0.390. The molecule has 0 spiro atoms. The minimum Gasteiger partial charge on any atom is -0.319 e. The van der Waals surface area contributed by atoms with E-state index in [1.807, 2.05) is 4.72 Å². The first kappa shape index (κ1) is 17.0.